The summed E-state index contributed by atoms with van der Waals surface area (Å²) in [5, 5.41) is 1.05. The second-order valence-corrected chi connectivity index (χ2v) is 8.09. The Kier molecular flexibility index (Phi) is 5.57. The Morgan fingerprint density at radius 1 is 1.06 bits per heavy atom. The number of alkyl halides is 4. The van der Waals surface area contributed by atoms with Crippen LogP contribution < -0.4 is 0 Å². The zero-order valence-corrected chi connectivity index (χ0v) is 13.5. The smallest absolute Gasteiger partial charge is 0.0885 e. The van der Waals surface area contributed by atoms with Gasteiger partial charge in [-0.25, -0.2) is 0 Å². The lowest BCUT2D eigenvalue weighted by Gasteiger charge is -2.27. The van der Waals surface area contributed by atoms with Crippen molar-refractivity contribution in [2.45, 2.75) is 21.5 Å². The fourth-order valence-corrected chi connectivity index (χ4v) is 4.12. The fraction of sp³-hybridized carbons (Fsp3) is 0.400. The third-order valence-corrected chi connectivity index (χ3v) is 3.73. The van der Waals surface area contributed by atoms with Gasteiger partial charge in [-0.1, -0.05) is 80.9 Å². The topological polar surface area (TPSA) is 0 Å². The summed E-state index contributed by atoms with van der Waals surface area (Å²) in [6.07, 6.45) is 0. The van der Waals surface area contributed by atoms with Gasteiger partial charge < -0.3 is 0 Å². The first-order valence-corrected chi connectivity index (χ1v) is 7.19. The zero-order valence-electron chi connectivity index (χ0n) is 8.15. The number of halogens is 6. The molecule has 0 N–H and O–H groups in total. The molecular weight excluding hydrogens is 377 g/mol. The summed E-state index contributed by atoms with van der Waals surface area (Å²) in [4.78, 5) is -0.0190. The highest BCUT2D eigenvalue weighted by Gasteiger charge is 2.37. The average molecular weight is 385 g/mol. The molecule has 1 aromatic rings. The molecule has 1 rings (SSSR count). The predicted molar refractivity (Wildman–Crippen MR) is 77.9 cm³/mol. The molecule has 0 spiro atoms. The molecule has 0 nitrogen and oxygen atoms in total. The SMILES string of the molecule is CC(Br)C(c1cc(Cl)cc(Cl)c1)C(Cl)(Cl)Cl. The van der Waals surface area contributed by atoms with E-state index in [4.69, 9.17) is 58.0 Å². The Morgan fingerprint density at radius 3 is 1.81 bits per heavy atom. The molecule has 0 saturated carbocycles. The van der Waals surface area contributed by atoms with Crippen LogP contribution in [0.4, 0.5) is 0 Å². The van der Waals surface area contributed by atoms with Gasteiger partial charge in [0.1, 0.15) is 0 Å². The molecule has 0 aliphatic heterocycles. The van der Waals surface area contributed by atoms with Gasteiger partial charge in [-0.3, -0.25) is 0 Å². The Labute approximate surface area is 128 Å². The van der Waals surface area contributed by atoms with Crippen molar-refractivity contribution in [3.63, 3.8) is 0 Å². The lowest BCUT2D eigenvalue weighted by atomic mass is 9.98. The minimum Gasteiger partial charge on any atom is -0.0885 e. The molecule has 16 heavy (non-hydrogen) atoms. The normalized spacial score (nSPS) is 15.9. The van der Waals surface area contributed by atoms with Crippen LogP contribution in [0.1, 0.15) is 18.4 Å². The molecule has 0 heterocycles. The molecule has 0 fully saturated rings. The highest BCUT2D eigenvalue weighted by atomic mass is 79.9. The molecule has 0 saturated heterocycles. The molecule has 0 amide bonds. The van der Waals surface area contributed by atoms with Crippen LogP contribution in [0.25, 0.3) is 0 Å². The molecular formula is C10H8BrCl5. The van der Waals surface area contributed by atoms with E-state index in [-0.39, 0.29) is 10.7 Å². The highest BCUT2D eigenvalue weighted by Crippen LogP contribution is 2.46. The molecule has 0 aliphatic carbocycles. The fourth-order valence-electron chi connectivity index (χ4n) is 1.47. The van der Waals surface area contributed by atoms with Crippen molar-refractivity contribution in [3.8, 4) is 0 Å². The van der Waals surface area contributed by atoms with Crippen molar-refractivity contribution in [1.29, 1.82) is 0 Å². The maximum Gasteiger partial charge on any atom is 0.198 e. The van der Waals surface area contributed by atoms with Gasteiger partial charge in [0, 0.05) is 20.8 Å². The van der Waals surface area contributed by atoms with Gasteiger partial charge in [-0.05, 0) is 23.8 Å². The van der Waals surface area contributed by atoms with E-state index in [0.717, 1.165) is 5.56 Å². The third-order valence-electron chi connectivity index (χ3n) is 2.06. The monoisotopic (exact) mass is 382 g/mol. The standard InChI is InChI=1S/C10H8BrCl5/c1-5(11)9(10(14,15)16)6-2-7(12)4-8(13)3-6/h2-5,9H,1H3. The van der Waals surface area contributed by atoms with Crippen LogP contribution in [0.3, 0.4) is 0 Å². The van der Waals surface area contributed by atoms with Crippen molar-refractivity contribution in [2.24, 2.45) is 0 Å². The van der Waals surface area contributed by atoms with Crippen LogP contribution in [0.2, 0.25) is 10.0 Å². The van der Waals surface area contributed by atoms with Gasteiger partial charge in [0.05, 0.1) is 0 Å². The largest absolute Gasteiger partial charge is 0.198 e. The molecule has 0 aliphatic rings. The van der Waals surface area contributed by atoms with Crippen molar-refractivity contribution in [1.82, 2.24) is 0 Å². The Hall–Kier alpha value is 1.15. The number of benzene rings is 1. The van der Waals surface area contributed by atoms with E-state index in [1.165, 1.54) is 0 Å². The van der Waals surface area contributed by atoms with Gasteiger partial charge in [0.2, 0.25) is 0 Å². The molecule has 0 radical (unpaired) electrons. The second-order valence-electron chi connectivity index (χ2n) is 3.40. The van der Waals surface area contributed by atoms with Gasteiger partial charge in [-0.2, -0.15) is 0 Å². The number of hydrogen-bond acceptors (Lipinski definition) is 0. The lowest BCUT2D eigenvalue weighted by Crippen LogP contribution is -2.24. The first kappa shape index (κ1) is 15.2. The minimum atomic E-state index is -1.42. The summed E-state index contributed by atoms with van der Waals surface area (Å²) in [6.45, 7) is 1.90. The van der Waals surface area contributed by atoms with E-state index in [0.29, 0.717) is 10.0 Å². The third kappa shape index (κ3) is 4.12. The van der Waals surface area contributed by atoms with Gasteiger partial charge in [0.15, 0.2) is 3.79 Å². The van der Waals surface area contributed by atoms with Crippen LogP contribution in [-0.2, 0) is 0 Å². The summed E-state index contributed by atoms with van der Waals surface area (Å²) in [7, 11) is 0. The summed E-state index contributed by atoms with van der Waals surface area (Å²) in [5.41, 5.74) is 0.793. The Balaban J connectivity index is 3.21. The second kappa shape index (κ2) is 5.86. The molecule has 1 aromatic carbocycles. The minimum absolute atomic E-state index is 0.0190. The molecule has 90 valence electrons. The highest BCUT2D eigenvalue weighted by molar-refractivity contribution is 9.09. The van der Waals surface area contributed by atoms with Crippen LogP contribution in [-0.4, -0.2) is 8.62 Å². The Morgan fingerprint density at radius 2 is 1.50 bits per heavy atom. The van der Waals surface area contributed by atoms with Crippen LogP contribution >= 0.6 is 73.9 Å². The van der Waals surface area contributed by atoms with E-state index in [2.05, 4.69) is 15.9 Å². The van der Waals surface area contributed by atoms with E-state index in [1.54, 1.807) is 18.2 Å². The van der Waals surface area contributed by atoms with E-state index in [1.807, 2.05) is 6.92 Å². The molecule has 2 unspecified atom stereocenters. The number of rotatable bonds is 2. The number of hydrogen-bond donors (Lipinski definition) is 0. The lowest BCUT2D eigenvalue weighted by molar-refractivity contribution is 0.704. The Bertz CT molecular complexity index is 352. The summed E-state index contributed by atoms with van der Waals surface area (Å²) < 4.78 is -1.42. The van der Waals surface area contributed by atoms with E-state index < -0.39 is 3.79 Å². The van der Waals surface area contributed by atoms with Gasteiger partial charge in [-0.15, -0.1) is 0 Å². The maximum atomic E-state index is 5.95. The van der Waals surface area contributed by atoms with E-state index in [9.17, 15) is 0 Å². The molecule has 6 heteroatoms. The predicted octanol–water partition coefficient (Wildman–Crippen LogP) is 6.23. The van der Waals surface area contributed by atoms with Crippen LogP contribution in [0.5, 0.6) is 0 Å². The van der Waals surface area contributed by atoms with Crippen LogP contribution in [0, 0.1) is 0 Å². The van der Waals surface area contributed by atoms with Crippen molar-refractivity contribution in [3.05, 3.63) is 33.8 Å². The average Bonchev–Trinajstić information content (AvgIpc) is 1.96. The summed E-state index contributed by atoms with van der Waals surface area (Å²) >= 11 is 33.1. The summed E-state index contributed by atoms with van der Waals surface area (Å²) in [5.74, 6) is -0.325. The first-order valence-electron chi connectivity index (χ1n) is 4.38. The molecule has 0 aromatic heterocycles. The van der Waals surface area contributed by atoms with Crippen molar-refractivity contribution < 1.29 is 0 Å². The molecule has 0 bridgehead atoms. The quantitative estimate of drug-likeness (QED) is 0.530. The first-order chi connectivity index (χ1) is 7.21. The van der Waals surface area contributed by atoms with Gasteiger partial charge >= 0.3 is 0 Å². The van der Waals surface area contributed by atoms with Crippen molar-refractivity contribution in [2.75, 3.05) is 0 Å². The van der Waals surface area contributed by atoms with Crippen LogP contribution in [0.15, 0.2) is 18.2 Å². The van der Waals surface area contributed by atoms with E-state index >= 15 is 0 Å². The van der Waals surface area contributed by atoms with Crippen molar-refractivity contribution >= 4 is 73.9 Å². The molecule has 2 atom stereocenters. The summed E-state index contributed by atoms with van der Waals surface area (Å²) in [6, 6.07) is 5.14. The zero-order chi connectivity index (χ0) is 12.5. The van der Waals surface area contributed by atoms with Gasteiger partial charge in [0.25, 0.3) is 0 Å². The maximum absolute atomic E-state index is 5.95.